The number of amides is 1. The number of carbonyl (C=O) groups is 1. The number of carbonyl (C=O) groups excluding carboxylic acids is 1. The largest absolute Gasteiger partial charge is 0.508 e. The van der Waals surface area contributed by atoms with Crippen LogP contribution in [-0.2, 0) is 0 Å². The Morgan fingerprint density at radius 2 is 1.92 bits per heavy atom. The van der Waals surface area contributed by atoms with E-state index in [1.165, 1.54) is 6.07 Å². The highest BCUT2D eigenvalue weighted by molar-refractivity contribution is 14.0. The maximum absolute atomic E-state index is 12.0. The average Bonchev–Trinajstić information content (AvgIpc) is 2.59. The Hall–Kier alpha value is -1.16. The highest BCUT2D eigenvalue weighted by Gasteiger charge is 2.15. The van der Waals surface area contributed by atoms with Crippen molar-refractivity contribution in [2.24, 2.45) is 4.99 Å². The molecule has 0 unspecified atom stereocenters. The third-order valence-corrected chi connectivity index (χ3v) is 4.79. The smallest absolute Gasteiger partial charge is 0.251 e. The number of aromatic hydroxyl groups is 1. The summed E-state index contributed by atoms with van der Waals surface area (Å²) in [4.78, 5) is 16.6. The normalized spacial score (nSPS) is 11.5. The molecule has 4 N–H and O–H groups in total. The zero-order valence-corrected chi connectivity index (χ0v) is 19.1. The summed E-state index contributed by atoms with van der Waals surface area (Å²) >= 11 is 1.79. The van der Waals surface area contributed by atoms with Gasteiger partial charge >= 0.3 is 0 Å². The molecule has 0 aliphatic rings. The van der Waals surface area contributed by atoms with E-state index < -0.39 is 0 Å². The van der Waals surface area contributed by atoms with Crippen LogP contribution in [0.15, 0.2) is 29.3 Å². The second-order valence-corrected chi connectivity index (χ2v) is 7.76. The summed E-state index contributed by atoms with van der Waals surface area (Å²) in [5.74, 6) is 0.705. The van der Waals surface area contributed by atoms with E-state index in [2.05, 4.69) is 41.0 Å². The summed E-state index contributed by atoms with van der Waals surface area (Å²) in [6.45, 7) is 9.18. The average molecular weight is 494 g/mol. The van der Waals surface area contributed by atoms with Crippen molar-refractivity contribution in [2.45, 2.75) is 31.9 Å². The van der Waals surface area contributed by atoms with E-state index in [0.29, 0.717) is 18.7 Å². The first-order valence-electron chi connectivity index (χ1n) is 8.52. The van der Waals surface area contributed by atoms with E-state index in [9.17, 15) is 9.90 Å². The molecule has 0 heterocycles. The molecule has 0 saturated heterocycles. The lowest BCUT2D eigenvalue weighted by Crippen LogP contribution is -2.39. The molecular formula is C18H31IN4O2S. The maximum atomic E-state index is 12.0. The van der Waals surface area contributed by atoms with Gasteiger partial charge in [-0.3, -0.25) is 9.79 Å². The summed E-state index contributed by atoms with van der Waals surface area (Å²) in [5.41, 5.74) is 0.460. The van der Waals surface area contributed by atoms with Gasteiger partial charge in [-0.1, -0.05) is 6.07 Å². The molecule has 148 valence electrons. The molecule has 0 fully saturated rings. The number of hydrogen-bond donors (Lipinski definition) is 4. The second kappa shape index (κ2) is 13.1. The van der Waals surface area contributed by atoms with Crippen molar-refractivity contribution in [3.8, 4) is 5.75 Å². The highest BCUT2D eigenvalue weighted by Crippen LogP contribution is 2.20. The summed E-state index contributed by atoms with van der Waals surface area (Å²) in [6.07, 6.45) is 2.87. The third-order valence-electron chi connectivity index (χ3n) is 3.55. The summed E-state index contributed by atoms with van der Waals surface area (Å²) in [6, 6.07) is 6.33. The molecule has 1 amide bonds. The minimum absolute atomic E-state index is 0. The maximum Gasteiger partial charge on any atom is 0.251 e. The fourth-order valence-electron chi connectivity index (χ4n) is 1.92. The van der Waals surface area contributed by atoms with Gasteiger partial charge < -0.3 is 21.1 Å². The summed E-state index contributed by atoms with van der Waals surface area (Å²) in [5, 5.41) is 18.7. The molecule has 26 heavy (non-hydrogen) atoms. The SMILES string of the molecule is CCNC(=NCC(C)(C)SC)NCCCNC(=O)c1cccc(O)c1.I. The van der Waals surface area contributed by atoms with E-state index in [1.807, 2.05) is 6.92 Å². The minimum atomic E-state index is -0.182. The van der Waals surface area contributed by atoms with Crippen molar-refractivity contribution < 1.29 is 9.90 Å². The molecule has 0 saturated carbocycles. The van der Waals surface area contributed by atoms with Crippen molar-refractivity contribution in [3.63, 3.8) is 0 Å². The third kappa shape index (κ3) is 10.1. The molecule has 0 aromatic heterocycles. The van der Waals surface area contributed by atoms with Crippen molar-refractivity contribution in [3.05, 3.63) is 29.8 Å². The number of nitrogens with one attached hydrogen (secondary N) is 3. The van der Waals surface area contributed by atoms with Gasteiger partial charge in [-0.25, -0.2) is 0 Å². The molecule has 1 aromatic rings. The second-order valence-electron chi connectivity index (χ2n) is 6.25. The molecule has 0 atom stereocenters. The Morgan fingerprint density at radius 3 is 2.54 bits per heavy atom. The molecule has 0 radical (unpaired) electrons. The Kier molecular flexibility index (Phi) is 12.5. The van der Waals surface area contributed by atoms with Gasteiger partial charge in [0.2, 0.25) is 0 Å². The van der Waals surface area contributed by atoms with Gasteiger partial charge in [0, 0.05) is 29.9 Å². The fraction of sp³-hybridized carbons (Fsp3) is 0.556. The van der Waals surface area contributed by atoms with E-state index in [-0.39, 0.29) is 40.4 Å². The van der Waals surface area contributed by atoms with Crippen molar-refractivity contribution in [1.29, 1.82) is 0 Å². The monoisotopic (exact) mass is 494 g/mol. The van der Waals surface area contributed by atoms with Crippen molar-refractivity contribution in [1.82, 2.24) is 16.0 Å². The Morgan fingerprint density at radius 1 is 1.23 bits per heavy atom. The Bertz CT molecular complexity index is 582. The minimum Gasteiger partial charge on any atom is -0.508 e. The molecule has 0 bridgehead atoms. The van der Waals surface area contributed by atoms with Gasteiger partial charge in [0.05, 0.1) is 6.54 Å². The van der Waals surface area contributed by atoms with Crippen LogP contribution in [0.1, 0.15) is 37.6 Å². The number of halogens is 1. The van der Waals surface area contributed by atoms with Crippen LogP contribution in [0.5, 0.6) is 5.75 Å². The summed E-state index contributed by atoms with van der Waals surface area (Å²) in [7, 11) is 0. The topological polar surface area (TPSA) is 85.8 Å². The van der Waals surface area contributed by atoms with Crippen molar-refractivity contribution >= 4 is 47.6 Å². The quantitative estimate of drug-likeness (QED) is 0.184. The first-order valence-corrected chi connectivity index (χ1v) is 9.75. The van der Waals surface area contributed by atoms with E-state index in [0.717, 1.165) is 25.5 Å². The summed E-state index contributed by atoms with van der Waals surface area (Å²) < 4.78 is 0.109. The van der Waals surface area contributed by atoms with Gasteiger partial charge in [-0.15, -0.1) is 24.0 Å². The van der Waals surface area contributed by atoms with Gasteiger partial charge in [0.15, 0.2) is 5.96 Å². The fourth-order valence-corrected chi connectivity index (χ4v) is 2.12. The molecule has 0 spiro atoms. The van der Waals surface area contributed by atoms with Crippen LogP contribution in [0.25, 0.3) is 0 Å². The lowest BCUT2D eigenvalue weighted by molar-refractivity contribution is 0.0953. The van der Waals surface area contributed by atoms with Crippen LogP contribution in [0.4, 0.5) is 0 Å². The predicted molar refractivity (Wildman–Crippen MR) is 122 cm³/mol. The molecular weight excluding hydrogens is 463 g/mol. The lowest BCUT2D eigenvalue weighted by atomic mass is 10.2. The number of nitrogens with zero attached hydrogens (tertiary/aromatic N) is 1. The number of benzene rings is 1. The van der Waals surface area contributed by atoms with Gasteiger partial charge in [0.1, 0.15) is 5.75 Å². The van der Waals surface area contributed by atoms with Crippen LogP contribution in [-0.4, -0.2) is 54.2 Å². The number of thioether (sulfide) groups is 1. The first kappa shape index (κ1) is 24.8. The van der Waals surface area contributed by atoms with Crippen LogP contribution in [0.2, 0.25) is 0 Å². The molecule has 1 aromatic carbocycles. The molecule has 0 aliphatic heterocycles. The van der Waals surface area contributed by atoms with Crippen LogP contribution in [0, 0.1) is 0 Å². The Labute approximate surface area is 178 Å². The Balaban J connectivity index is 0.00000625. The number of phenols is 1. The number of aliphatic imine (C=N–C) groups is 1. The number of phenolic OH excluding ortho intramolecular Hbond substituents is 1. The van der Waals surface area contributed by atoms with Crippen LogP contribution in [0.3, 0.4) is 0 Å². The lowest BCUT2D eigenvalue weighted by Gasteiger charge is -2.20. The van der Waals surface area contributed by atoms with Crippen LogP contribution < -0.4 is 16.0 Å². The van der Waals surface area contributed by atoms with Gasteiger partial charge in [-0.2, -0.15) is 11.8 Å². The molecule has 6 nitrogen and oxygen atoms in total. The molecule has 8 heteroatoms. The standard InChI is InChI=1S/C18H30N4O2S.HI/c1-5-19-17(22-13-18(2,3)25-4)21-11-7-10-20-16(24)14-8-6-9-15(23)12-14;/h6,8-9,12,23H,5,7,10-11,13H2,1-4H3,(H,20,24)(H2,19,21,22);1H. The molecule has 0 aliphatic carbocycles. The predicted octanol–water partition coefficient (Wildman–Crippen LogP) is 2.83. The first-order chi connectivity index (χ1) is 11.9. The van der Waals surface area contributed by atoms with Gasteiger partial charge in [0.25, 0.3) is 5.91 Å². The zero-order valence-electron chi connectivity index (χ0n) is 16.0. The number of guanidine groups is 1. The zero-order chi connectivity index (χ0) is 18.7. The number of rotatable bonds is 9. The van der Waals surface area contributed by atoms with E-state index in [4.69, 9.17) is 0 Å². The van der Waals surface area contributed by atoms with E-state index >= 15 is 0 Å². The molecule has 1 rings (SSSR count). The number of hydrogen-bond acceptors (Lipinski definition) is 4. The highest BCUT2D eigenvalue weighted by atomic mass is 127. The van der Waals surface area contributed by atoms with Crippen LogP contribution >= 0.6 is 35.7 Å². The van der Waals surface area contributed by atoms with Crippen molar-refractivity contribution in [2.75, 3.05) is 32.4 Å². The van der Waals surface area contributed by atoms with Gasteiger partial charge in [-0.05, 0) is 51.6 Å². The van der Waals surface area contributed by atoms with E-state index in [1.54, 1.807) is 30.0 Å².